The highest BCUT2D eigenvalue weighted by Crippen LogP contribution is 2.13. The molecular formula is C40H76O14S4. The third-order valence-electron chi connectivity index (χ3n) is 8.76. The molecule has 0 aromatic carbocycles. The highest BCUT2D eigenvalue weighted by atomic mass is 32.2. The van der Waals surface area contributed by atoms with Gasteiger partial charge in [-0.05, 0) is 25.7 Å². The van der Waals surface area contributed by atoms with Gasteiger partial charge in [0.05, 0.1) is 13.2 Å². The first-order valence-corrected chi connectivity index (χ1v) is 27.8. The largest absolute Gasteiger partial charge is 0.463 e. The average molecular weight is 909 g/mol. The summed E-state index contributed by atoms with van der Waals surface area (Å²) in [7, 11) is -4.59. The summed E-state index contributed by atoms with van der Waals surface area (Å²) in [5.41, 5.74) is 0. The molecule has 0 aliphatic heterocycles. The number of hydrogen-bond donors (Lipinski definition) is 2. The number of aliphatic hydroxyl groups is 2. The van der Waals surface area contributed by atoms with E-state index in [1.807, 2.05) is 0 Å². The maximum Gasteiger partial charge on any atom is 0.347 e. The molecule has 0 heterocycles. The first-order chi connectivity index (χ1) is 27.5. The Morgan fingerprint density at radius 1 is 0.414 bits per heavy atom. The van der Waals surface area contributed by atoms with Gasteiger partial charge >= 0.3 is 23.9 Å². The molecule has 0 aliphatic rings. The van der Waals surface area contributed by atoms with Crippen LogP contribution < -0.4 is 0 Å². The lowest BCUT2D eigenvalue weighted by molar-refractivity contribution is -0.173. The van der Waals surface area contributed by atoms with Crippen LogP contribution in [0.3, 0.4) is 0 Å². The molecule has 2 N–H and O–H groups in total. The molecule has 0 rings (SSSR count). The van der Waals surface area contributed by atoms with Gasteiger partial charge < -0.3 is 29.2 Å². The molecule has 344 valence electrons. The zero-order valence-electron chi connectivity index (χ0n) is 36.1. The maximum atomic E-state index is 12.3. The van der Waals surface area contributed by atoms with Gasteiger partial charge in [-0.1, -0.05) is 104 Å². The molecule has 0 bridgehead atoms. The van der Waals surface area contributed by atoms with E-state index in [4.69, 9.17) is 18.9 Å². The van der Waals surface area contributed by atoms with E-state index in [-0.39, 0.29) is 61.9 Å². The molecule has 0 aromatic heterocycles. The lowest BCUT2D eigenvalue weighted by atomic mass is 10.1. The van der Waals surface area contributed by atoms with Crippen molar-refractivity contribution in [3.05, 3.63) is 0 Å². The third-order valence-corrected chi connectivity index (χ3v) is 12.0. The highest BCUT2D eigenvalue weighted by molar-refractivity contribution is 7.84. The zero-order chi connectivity index (χ0) is 44.1. The average Bonchev–Trinajstić information content (AvgIpc) is 3.17. The smallest absolute Gasteiger partial charge is 0.347 e. The first kappa shape index (κ1) is 58.5. The molecule has 8 atom stereocenters. The van der Waals surface area contributed by atoms with E-state index in [2.05, 4.69) is 13.8 Å². The van der Waals surface area contributed by atoms with E-state index in [1.165, 1.54) is 82.8 Å². The molecule has 0 radical (unpaired) electrons. The number of rotatable bonds is 36. The van der Waals surface area contributed by atoms with Crippen LogP contribution in [0.1, 0.15) is 142 Å². The number of carbonyl (C=O) groups is 4. The van der Waals surface area contributed by atoms with Crippen LogP contribution in [0.25, 0.3) is 0 Å². The number of hydrogen-bond acceptors (Lipinski definition) is 14. The maximum absolute atomic E-state index is 12.3. The van der Waals surface area contributed by atoms with Crippen molar-refractivity contribution in [2.24, 2.45) is 0 Å². The van der Waals surface area contributed by atoms with Crippen molar-refractivity contribution in [3.8, 4) is 0 Å². The minimum Gasteiger partial charge on any atom is -0.463 e. The fourth-order valence-corrected chi connectivity index (χ4v) is 7.43. The number of esters is 4. The van der Waals surface area contributed by atoms with Crippen LogP contribution in [0.4, 0.5) is 0 Å². The van der Waals surface area contributed by atoms with Gasteiger partial charge in [-0.15, -0.1) is 0 Å². The summed E-state index contributed by atoms with van der Waals surface area (Å²) in [5.74, 6) is -2.60. The number of unbranched alkanes of at least 4 members (excludes halogenated alkanes) is 14. The summed E-state index contributed by atoms with van der Waals surface area (Å²) in [6.45, 7) is 4.84. The minimum absolute atomic E-state index is 0.0119. The van der Waals surface area contributed by atoms with Crippen molar-refractivity contribution in [3.63, 3.8) is 0 Å². The van der Waals surface area contributed by atoms with Gasteiger partial charge in [0.2, 0.25) is 0 Å². The van der Waals surface area contributed by atoms with E-state index in [9.17, 15) is 46.2 Å². The van der Waals surface area contributed by atoms with Crippen LogP contribution in [0, 0.1) is 0 Å². The summed E-state index contributed by atoms with van der Waals surface area (Å²) >= 11 is 0. The van der Waals surface area contributed by atoms with E-state index in [0.717, 1.165) is 44.9 Å². The predicted molar refractivity (Wildman–Crippen MR) is 233 cm³/mol. The second-order valence-electron chi connectivity index (χ2n) is 14.4. The van der Waals surface area contributed by atoms with Gasteiger partial charge in [-0.3, -0.25) is 16.8 Å². The molecule has 0 saturated carbocycles. The van der Waals surface area contributed by atoms with Gasteiger partial charge in [0.1, 0.15) is 0 Å². The van der Waals surface area contributed by atoms with Crippen molar-refractivity contribution in [1.29, 1.82) is 0 Å². The minimum atomic E-state index is -1.45. The Morgan fingerprint density at radius 2 is 0.672 bits per heavy atom. The normalized spacial score (nSPS) is 15.3. The van der Waals surface area contributed by atoms with Crippen LogP contribution >= 0.6 is 0 Å². The van der Waals surface area contributed by atoms with Crippen LogP contribution in [-0.2, 0) is 81.3 Å². The van der Waals surface area contributed by atoms with Gasteiger partial charge in [0.15, 0.2) is 24.4 Å². The highest BCUT2D eigenvalue weighted by Gasteiger charge is 2.29. The molecule has 0 fully saturated rings. The number of aliphatic hydroxyl groups excluding tert-OH is 2. The van der Waals surface area contributed by atoms with Crippen molar-refractivity contribution in [2.45, 2.75) is 167 Å². The molecule has 8 unspecified atom stereocenters. The molecule has 58 heavy (non-hydrogen) atoms. The van der Waals surface area contributed by atoms with Crippen LogP contribution in [0.15, 0.2) is 0 Å². The first-order valence-electron chi connectivity index (χ1n) is 20.9. The van der Waals surface area contributed by atoms with Crippen molar-refractivity contribution >= 4 is 67.1 Å². The summed E-state index contributed by atoms with van der Waals surface area (Å²) in [6, 6.07) is 0. The van der Waals surface area contributed by atoms with E-state index in [1.54, 1.807) is 0 Å². The quantitative estimate of drug-likeness (QED) is 0.0483. The van der Waals surface area contributed by atoms with Gasteiger partial charge in [0.25, 0.3) is 0 Å². The lowest BCUT2D eigenvalue weighted by Crippen LogP contribution is -2.35. The fraction of sp³-hybridized carbons (Fsp3) is 0.900. The van der Waals surface area contributed by atoms with E-state index in [0.29, 0.717) is 0 Å². The zero-order valence-corrected chi connectivity index (χ0v) is 39.4. The second-order valence-corrected chi connectivity index (χ2v) is 20.6. The molecule has 0 spiro atoms. The number of carbonyl (C=O) groups excluding carboxylic acids is 4. The summed E-state index contributed by atoms with van der Waals surface area (Å²) in [6.07, 6.45) is 18.8. The molecule has 0 aromatic rings. The standard InChI is InChI=1S/C22H42O7S2.C18H34O7S2/c1-4-5-6-7-8-9-10-11-12-13-16-28-22(25)20(15-18-31(3)27)29-21(24)19(23)14-17-30(2)26;1-4-5-6-7-8-9-12-24-18(21)16(11-14-27(3)23)25-17(20)15(19)10-13-26(2)22/h19-20,23H,4-18H2,1-3H3;15-16,19H,4-14H2,1-3H3. The lowest BCUT2D eigenvalue weighted by Gasteiger charge is -2.18. The van der Waals surface area contributed by atoms with Crippen molar-refractivity contribution in [1.82, 2.24) is 0 Å². The fourth-order valence-electron chi connectivity index (χ4n) is 5.23. The van der Waals surface area contributed by atoms with Crippen LogP contribution in [0.2, 0.25) is 0 Å². The van der Waals surface area contributed by atoms with E-state index >= 15 is 0 Å². The topological polar surface area (TPSA) is 214 Å². The molecule has 14 nitrogen and oxygen atoms in total. The van der Waals surface area contributed by atoms with Crippen LogP contribution in [-0.4, -0.2) is 137 Å². The van der Waals surface area contributed by atoms with Crippen molar-refractivity contribution < 1.29 is 65.2 Å². The van der Waals surface area contributed by atoms with Gasteiger partial charge in [0, 0.05) is 104 Å². The summed E-state index contributed by atoms with van der Waals surface area (Å²) < 4.78 is 65.4. The predicted octanol–water partition coefficient (Wildman–Crippen LogP) is 4.96. The Balaban J connectivity index is 0. The number of ether oxygens (including phenoxy) is 4. The monoisotopic (exact) mass is 908 g/mol. The third kappa shape index (κ3) is 37.4. The Hall–Kier alpha value is -1.60. The Bertz CT molecular complexity index is 1200. The second kappa shape index (κ2) is 39.5. The molecule has 0 saturated heterocycles. The Morgan fingerprint density at radius 3 is 0.948 bits per heavy atom. The SMILES string of the molecule is CCCCCCCCCCCCOC(=O)C(CCS(C)=O)OC(=O)C(O)CCS(C)=O.CCCCCCCCOC(=O)C(CCS(C)=O)OC(=O)C(O)CCS(C)=O. The molecule has 0 amide bonds. The molecular weight excluding hydrogens is 833 g/mol. The van der Waals surface area contributed by atoms with Gasteiger partial charge in [-0.25, -0.2) is 19.2 Å². The van der Waals surface area contributed by atoms with E-state index < -0.39 is 91.5 Å². The Kier molecular flexibility index (Phi) is 39.9. The van der Waals surface area contributed by atoms with Crippen molar-refractivity contribution in [2.75, 3.05) is 61.2 Å². The summed E-state index contributed by atoms with van der Waals surface area (Å²) in [4.78, 5) is 48.5. The molecule has 0 aliphatic carbocycles. The molecule has 18 heteroatoms. The summed E-state index contributed by atoms with van der Waals surface area (Å²) in [5, 5.41) is 19.6. The van der Waals surface area contributed by atoms with Crippen LogP contribution in [0.5, 0.6) is 0 Å². The Labute approximate surface area is 358 Å². The van der Waals surface area contributed by atoms with Gasteiger partial charge in [-0.2, -0.15) is 0 Å².